The molecule has 138 valence electrons. The summed E-state index contributed by atoms with van der Waals surface area (Å²) < 4.78 is 5.83. The normalized spacial score (nSPS) is 15.1. The van der Waals surface area contributed by atoms with Crippen LogP contribution in [0.3, 0.4) is 0 Å². The van der Waals surface area contributed by atoms with E-state index in [2.05, 4.69) is 24.0 Å². The summed E-state index contributed by atoms with van der Waals surface area (Å²) in [6.07, 6.45) is 1.04. The van der Waals surface area contributed by atoms with E-state index in [1.54, 1.807) is 24.3 Å². The quantitative estimate of drug-likeness (QED) is 0.774. The van der Waals surface area contributed by atoms with Gasteiger partial charge in [-0.1, -0.05) is 30.7 Å². The summed E-state index contributed by atoms with van der Waals surface area (Å²) in [6, 6.07) is 15.4. The molecule has 0 unspecified atom stereocenters. The maximum atomic E-state index is 12.5. The number of halogens is 1. The van der Waals surface area contributed by atoms with Crippen molar-refractivity contribution >= 4 is 17.5 Å². The van der Waals surface area contributed by atoms with Gasteiger partial charge < -0.3 is 9.64 Å². The minimum atomic E-state index is 0.0774. The maximum Gasteiger partial charge on any atom is 0.253 e. The van der Waals surface area contributed by atoms with Crippen LogP contribution in [0.4, 0.5) is 0 Å². The number of rotatable bonds is 6. The third-order valence-electron chi connectivity index (χ3n) is 4.76. The van der Waals surface area contributed by atoms with Crippen LogP contribution in [0, 0.1) is 0 Å². The van der Waals surface area contributed by atoms with E-state index in [1.165, 1.54) is 5.56 Å². The highest BCUT2D eigenvalue weighted by Crippen LogP contribution is 2.14. The summed E-state index contributed by atoms with van der Waals surface area (Å²) in [5.41, 5.74) is 2.01. The molecule has 1 fully saturated rings. The van der Waals surface area contributed by atoms with Crippen LogP contribution in [-0.2, 0) is 6.42 Å². The molecule has 26 heavy (non-hydrogen) atoms. The van der Waals surface area contributed by atoms with Gasteiger partial charge in [-0.25, -0.2) is 0 Å². The van der Waals surface area contributed by atoms with Gasteiger partial charge in [0.2, 0.25) is 0 Å². The minimum Gasteiger partial charge on any atom is -0.492 e. The first-order valence-corrected chi connectivity index (χ1v) is 9.52. The van der Waals surface area contributed by atoms with Gasteiger partial charge in [-0.05, 0) is 48.4 Å². The predicted molar refractivity (Wildman–Crippen MR) is 105 cm³/mol. The fraction of sp³-hybridized carbons (Fsp3) is 0.381. The second-order valence-electron chi connectivity index (χ2n) is 6.49. The predicted octanol–water partition coefficient (Wildman–Crippen LogP) is 3.74. The van der Waals surface area contributed by atoms with Gasteiger partial charge in [0.05, 0.1) is 0 Å². The molecule has 0 radical (unpaired) electrons. The standard InChI is InChI=1S/C21H25ClN2O2/c1-2-17-3-9-20(10-4-17)26-16-15-23-11-13-24(14-12-23)21(25)18-5-7-19(22)8-6-18/h3-10H,2,11-16H2,1H3. The Morgan fingerprint density at radius 2 is 1.65 bits per heavy atom. The lowest BCUT2D eigenvalue weighted by molar-refractivity contribution is 0.0620. The number of ether oxygens (including phenoxy) is 1. The lowest BCUT2D eigenvalue weighted by Gasteiger charge is -2.34. The van der Waals surface area contributed by atoms with Crippen LogP contribution in [0.5, 0.6) is 5.75 Å². The Morgan fingerprint density at radius 1 is 1.00 bits per heavy atom. The summed E-state index contributed by atoms with van der Waals surface area (Å²) in [7, 11) is 0. The molecule has 0 N–H and O–H groups in total. The fourth-order valence-electron chi connectivity index (χ4n) is 3.06. The molecule has 5 heteroatoms. The summed E-state index contributed by atoms with van der Waals surface area (Å²) >= 11 is 5.89. The van der Waals surface area contributed by atoms with Gasteiger partial charge in [-0.2, -0.15) is 0 Å². The molecule has 2 aromatic carbocycles. The number of benzene rings is 2. The van der Waals surface area contributed by atoms with Crippen molar-refractivity contribution in [3.63, 3.8) is 0 Å². The SMILES string of the molecule is CCc1ccc(OCCN2CCN(C(=O)c3ccc(Cl)cc3)CC2)cc1. The highest BCUT2D eigenvalue weighted by Gasteiger charge is 2.21. The second kappa shape index (κ2) is 9.06. The van der Waals surface area contributed by atoms with Crippen LogP contribution in [0.2, 0.25) is 5.02 Å². The molecule has 1 saturated heterocycles. The third-order valence-corrected chi connectivity index (χ3v) is 5.01. The van der Waals surface area contributed by atoms with E-state index >= 15 is 0 Å². The molecule has 0 saturated carbocycles. The largest absolute Gasteiger partial charge is 0.492 e. The topological polar surface area (TPSA) is 32.8 Å². The van der Waals surface area contributed by atoms with Crippen molar-refractivity contribution < 1.29 is 9.53 Å². The summed E-state index contributed by atoms with van der Waals surface area (Å²) in [6.45, 7) is 6.91. The Hall–Kier alpha value is -2.04. The zero-order chi connectivity index (χ0) is 18.4. The van der Waals surface area contributed by atoms with Crippen LogP contribution < -0.4 is 4.74 Å². The van der Waals surface area contributed by atoms with Crippen LogP contribution in [0.15, 0.2) is 48.5 Å². The molecule has 1 amide bonds. The van der Waals surface area contributed by atoms with E-state index in [-0.39, 0.29) is 5.91 Å². The van der Waals surface area contributed by atoms with Crippen molar-refractivity contribution in [3.05, 3.63) is 64.7 Å². The van der Waals surface area contributed by atoms with Crippen LogP contribution in [0.1, 0.15) is 22.8 Å². The molecular weight excluding hydrogens is 348 g/mol. The van der Waals surface area contributed by atoms with Crippen molar-refractivity contribution in [1.82, 2.24) is 9.80 Å². The zero-order valence-electron chi connectivity index (χ0n) is 15.2. The number of piperazine rings is 1. The smallest absolute Gasteiger partial charge is 0.253 e. The van der Waals surface area contributed by atoms with E-state index in [9.17, 15) is 4.79 Å². The van der Waals surface area contributed by atoms with E-state index in [0.717, 1.165) is 44.9 Å². The van der Waals surface area contributed by atoms with Gasteiger partial charge in [-0.3, -0.25) is 9.69 Å². The van der Waals surface area contributed by atoms with Crippen LogP contribution >= 0.6 is 11.6 Å². The zero-order valence-corrected chi connectivity index (χ0v) is 15.9. The second-order valence-corrected chi connectivity index (χ2v) is 6.92. The summed E-state index contributed by atoms with van der Waals surface area (Å²) in [5.74, 6) is 0.993. The van der Waals surface area contributed by atoms with E-state index in [0.29, 0.717) is 17.2 Å². The van der Waals surface area contributed by atoms with Gasteiger partial charge in [0.25, 0.3) is 5.91 Å². The lowest BCUT2D eigenvalue weighted by atomic mass is 10.2. The number of carbonyl (C=O) groups is 1. The van der Waals surface area contributed by atoms with Crippen molar-refractivity contribution in [1.29, 1.82) is 0 Å². The van der Waals surface area contributed by atoms with E-state index < -0.39 is 0 Å². The molecular formula is C21H25ClN2O2. The number of hydrogen-bond donors (Lipinski definition) is 0. The van der Waals surface area contributed by atoms with Crippen LogP contribution in [-0.4, -0.2) is 55.0 Å². The average Bonchev–Trinajstić information content (AvgIpc) is 2.69. The highest BCUT2D eigenvalue weighted by atomic mass is 35.5. The molecule has 0 atom stereocenters. The number of aryl methyl sites for hydroxylation is 1. The van der Waals surface area contributed by atoms with Crippen LogP contribution in [0.25, 0.3) is 0 Å². The minimum absolute atomic E-state index is 0.0774. The van der Waals surface area contributed by atoms with Gasteiger partial charge in [0.15, 0.2) is 0 Å². The number of carbonyl (C=O) groups excluding carboxylic acids is 1. The van der Waals surface area contributed by atoms with Crippen molar-refractivity contribution in [2.45, 2.75) is 13.3 Å². The number of amides is 1. The molecule has 0 bridgehead atoms. The third kappa shape index (κ3) is 4.99. The molecule has 1 heterocycles. The first-order valence-electron chi connectivity index (χ1n) is 9.14. The Balaban J connectivity index is 1.40. The molecule has 1 aliphatic rings. The average molecular weight is 373 g/mol. The lowest BCUT2D eigenvalue weighted by Crippen LogP contribution is -2.49. The Kier molecular flexibility index (Phi) is 6.53. The number of nitrogens with zero attached hydrogens (tertiary/aromatic N) is 2. The van der Waals surface area contributed by atoms with Crippen molar-refractivity contribution in [2.24, 2.45) is 0 Å². The molecule has 4 nitrogen and oxygen atoms in total. The van der Waals surface area contributed by atoms with E-state index in [1.807, 2.05) is 17.0 Å². The van der Waals surface area contributed by atoms with Gasteiger partial charge in [0, 0.05) is 43.3 Å². The van der Waals surface area contributed by atoms with Crippen molar-refractivity contribution in [3.8, 4) is 5.75 Å². The first kappa shape index (κ1) is 18.7. The molecule has 0 aliphatic carbocycles. The molecule has 0 spiro atoms. The molecule has 3 rings (SSSR count). The molecule has 2 aromatic rings. The Labute approximate surface area is 160 Å². The van der Waals surface area contributed by atoms with Gasteiger partial charge >= 0.3 is 0 Å². The van der Waals surface area contributed by atoms with Gasteiger partial charge in [0.1, 0.15) is 12.4 Å². The maximum absolute atomic E-state index is 12.5. The summed E-state index contributed by atoms with van der Waals surface area (Å²) in [5, 5.41) is 0.649. The fourth-order valence-corrected chi connectivity index (χ4v) is 3.19. The van der Waals surface area contributed by atoms with Crippen molar-refractivity contribution in [2.75, 3.05) is 39.3 Å². The highest BCUT2D eigenvalue weighted by molar-refractivity contribution is 6.30. The molecule has 1 aliphatic heterocycles. The van der Waals surface area contributed by atoms with Gasteiger partial charge in [-0.15, -0.1) is 0 Å². The Morgan fingerprint density at radius 3 is 2.27 bits per heavy atom. The number of hydrogen-bond acceptors (Lipinski definition) is 3. The first-order chi connectivity index (χ1) is 12.7. The summed E-state index contributed by atoms with van der Waals surface area (Å²) in [4.78, 5) is 16.8. The Bertz CT molecular complexity index is 708. The monoisotopic (exact) mass is 372 g/mol. The molecule has 0 aromatic heterocycles. The van der Waals surface area contributed by atoms with E-state index in [4.69, 9.17) is 16.3 Å².